The number of benzene rings is 2. The van der Waals surface area contributed by atoms with Crippen molar-refractivity contribution in [3.05, 3.63) is 82.2 Å². The van der Waals surface area contributed by atoms with Crippen LogP contribution in [0.2, 0.25) is 0 Å². The van der Waals surface area contributed by atoms with Gasteiger partial charge in [0.1, 0.15) is 21.8 Å². The van der Waals surface area contributed by atoms with E-state index >= 15 is 0 Å². The highest BCUT2D eigenvalue weighted by molar-refractivity contribution is 8.00. The summed E-state index contributed by atoms with van der Waals surface area (Å²) in [7, 11) is 0. The van der Waals surface area contributed by atoms with Crippen molar-refractivity contribution in [2.75, 3.05) is 24.3 Å². The van der Waals surface area contributed by atoms with Gasteiger partial charge >= 0.3 is 5.97 Å². The Bertz CT molecular complexity index is 1560. The molecule has 40 heavy (non-hydrogen) atoms. The molecule has 0 saturated heterocycles. The number of thiophene rings is 1. The summed E-state index contributed by atoms with van der Waals surface area (Å²) in [4.78, 5) is 31.3. The Morgan fingerprint density at radius 1 is 1.02 bits per heavy atom. The summed E-state index contributed by atoms with van der Waals surface area (Å²) < 4.78 is 10.8. The van der Waals surface area contributed by atoms with Crippen LogP contribution in [0.1, 0.15) is 40.2 Å². The van der Waals surface area contributed by atoms with Crippen molar-refractivity contribution in [2.24, 2.45) is 0 Å². The lowest BCUT2D eigenvalue weighted by Crippen LogP contribution is -2.16. The maximum Gasteiger partial charge on any atom is 0.341 e. The number of thioether (sulfide) groups is 1. The third kappa shape index (κ3) is 6.53. The van der Waals surface area contributed by atoms with E-state index in [4.69, 9.17) is 14.5 Å². The molecule has 0 saturated carbocycles. The van der Waals surface area contributed by atoms with Crippen LogP contribution in [0.3, 0.4) is 0 Å². The van der Waals surface area contributed by atoms with Gasteiger partial charge in [-0.05, 0) is 69.2 Å². The van der Waals surface area contributed by atoms with Crippen molar-refractivity contribution in [3.8, 4) is 34.2 Å². The predicted molar refractivity (Wildman–Crippen MR) is 160 cm³/mol. The smallest absolute Gasteiger partial charge is 0.341 e. The largest absolute Gasteiger partial charge is 0.494 e. The number of anilines is 1. The molecule has 1 N–H and O–H groups in total. The summed E-state index contributed by atoms with van der Waals surface area (Å²) in [6.45, 7) is 8.22. The van der Waals surface area contributed by atoms with E-state index in [1.165, 1.54) is 23.1 Å². The number of aryl methyl sites for hydroxylation is 1. The molecule has 4 rings (SSSR count). The number of nitrogens with zero attached hydrogens (tertiary/aromatic N) is 2. The second-order valence-electron chi connectivity index (χ2n) is 8.72. The zero-order chi connectivity index (χ0) is 28.6. The molecule has 0 atom stereocenters. The standard InChI is InChI=1S/C31H29N3O4S2/c1-5-37-23-14-12-22(13-15-23)26-16-24(21-10-8-7-9-11-21)25(17-32)29(33-26)39-18-27(35)34-30-28(31(36)38-6-2)19(3)20(4)40-30/h7-16H,5-6,18H2,1-4H3,(H,34,35). The zero-order valence-corrected chi connectivity index (χ0v) is 24.4. The van der Waals surface area contributed by atoms with Crippen molar-refractivity contribution in [2.45, 2.75) is 32.7 Å². The molecule has 0 spiro atoms. The maximum atomic E-state index is 13.0. The van der Waals surface area contributed by atoms with Crippen LogP contribution < -0.4 is 10.1 Å². The first-order valence-electron chi connectivity index (χ1n) is 12.8. The molecule has 0 unspecified atom stereocenters. The van der Waals surface area contributed by atoms with Crippen molar-refractivity contribution in [1.82, 2.24) is 4.98 Å². The number of nitriles is 1. The summed E-state index contributed by atoms with van der Waals surface area (Å²) in [5.74, 6) is -0.0110. The van der Waals surface area contributed by atoms with E-state index in [9.17, 15) is 14.9 Å². The van der Waals surface area contributed by atoms with Gasteiger partial charge in [-0.3, -0.25) is 4.79 Å². The normalized spacial score (nSPS) is 10.6. The first kappa shape index (κ1) is 28.9. The second-order valence-corrected chi connectivity index (χ2v) is 10.9. The van der Waals surface area contributed by atoms with E-state index in [2.05, 4.69) is 11.4 Å². The Kier molecular flexibility index (Phi) is 9.59. The molecular weight excluding hydrogens is 542 g/mol. The number of aromatic nitrogens is 1. The summed E-state index contributed by atoms with van der Waals surface area (Å²) in [6.07, 6.45) is 0. The summed E-state index contributed by atoms with van der Waals surface area (Å²) in [5.41, 5.74) is 4.71. The van der Waals surface area contributed by atoms with Crippen LogP contribution in [0, 0.1) is 25.2 Å². The van der Waals surface area contributed by atoms with Crippen LogP contribution in [-0.4, -0.2) is 35.8 Å². The third-order valence-corrected chi connectivity index (χ3v) is 8.20. The number of esters is 1. The molecule has 204 valence electrons. The number of ether oxygens (including phenoxy) is 2. The molecule has 2 aromatic carbocycles. The molecule has 7 nitrogen and oxygen atoms in total. The van der Waals surface area contributed by atoms with E-state index in [0.717, 1.165) is 32.9 Å². The third-order valence-electron chi connectivity index (χ3n) is 6.10. The quantitative estimate of drug-likeness (QED) is 0.158. The lowest BCUT2D eigenvalue weighted by Gasteiger charge is -2.13. The zero-order valence-electron chi connectivity index (χ0n) is 22.7. The molecule has 9 heteroatoms. The molecule has 2 aromatic heterocycles. The van der Waals surface area contributed by atoms with Gasteiger partial charge in [0.05, 0.1) is 35.8 Å². The number of pyridine rings is 1. The lowest BCUT2D eigenvalue weighted by molar-refractivity contribution is -0.113. The highest BCUT2D eigenvalue weighted by Gasteiger charge is 2.23. The number of hydrogen-bond acceptors (Lipinski definition) is 8. The van der Waals surface area contributed by atoms with Gasteiger partial charge in [-0.1, -0.05) is 42.1 Å². The minimum absolute atomic E-state index is 0.000894. The molecule has 0 radical (unpaired) electrons. The molecular formula is C31H29N3O4S2. The van der Waals surface area contributed by atoms with Crippen LogP contribution in [-0.2, 0) is 9.53 Å². The predicted octanol–water partition coefficient (Wildman–Crippen LogP) is 7.27. The number of hydrogen-bond donors (Lipinski definition) is 1. The molecule has 0 aliphatic rings. The first-order valence-corrected chi connectivity index (χ1v) is 14.6. The van der Waals surface area contributed by atoms with E-state index in [0.29, 0.717) is 33.5 Å². The van der Waals surface area contributed by atoms with Gasteiger partial charge in [-0.2, -0.15) is 5.26 Å². The van der Waals surface area contributed by atoms with E-state index in [-0.39, 0.29) is 18.3 Å². The highest BCUT2D eigenvalue weighted by atomic mass is 32.2. The second kappa shape index (κ2) is 13.3. The Morgan fingerprint density at radius 2 is 1.75 bits per heavy atom. The van der Waals surface area contributed by atoms with Crippen molar-refractivity contribution < 1.29 is 19.1 Å². The average Bonchev–Trinajstić information content (AvgIpc) is 3.24. The van der Waals surface area contributed by atoms with Crippen LogP contribution in [0.4, 0.5) is 5.00 Å². The molecule has 0 aliphatic carbocycles. The Balaban J connectivity index is 1.65. The van der Waals surface area contributed by atoms with Gasteiger partial charge in [-0.25, -0.2) is 9.78 Å². The Labute approximate surface area is 242 Å². The Morgan fingerprint density at radius 3 is 2.40 bits per heavy atom. The van der Waals surface area contributed by atoms with Gasteiger partial charge in [0, 0.05) is 16.0 Å². The molecule has 4 aromatic rings. The van der Waals surface area contributed by atoms with E-state index in [1.54, 1.807) is 6.92 Å². The van der Waals surface area contributed by atoms with Gasteiger partial charge in [0.25, 0.3) is 0 Å². The molecule has 1 amide bonds. The highest BCUT2D eigenvalue weighted by Crippen LogP contribution is 2.36. The topological polar surface area (TPSA) is 101 Å². The Hall–Kier alpha value is -4.13. The minimum atomic E-state index is -0.462. The van der Waals surface area contributed by atoms with Crippen LogP contribution in [0.5, 0.6) is 5.75 Å². The van der Waals surface area contributed by atoms with Crippen molar-refractivity contribution >= 4 is 40.0 Å². The first-order chi connectivity index (χ1) is 19.4. The fourth-order valence-electron chi connectivity index (χ4n) is 4.08. The van der Waals surface area contributed by atoms with Crippen molar-refractivity contribution in [3.63, 3.8) is 0 Å². The van der Waals surface area contributed by atoms with Gasteiger partial charge in [0.15, 0.2) is 0 Å². The van der Waals surface area contributed by atoms with Crippen LogP contribution in [0.15, 0.2) is 65.7 Å². The van der Waals surface area contributed by atoms with Gasteiger partial charge < -0.3 is 14.8 Å². The lowest BCUT2D eigenvalue weighted by atomic mass is 9.99. The molecule has 0 aliphatic heterocycles. The molecule has 0 bridgehead atoms. The van der Waals surface area contributed by atoms with Gasteiger partial charge in [-0.15, -0.1) is 11.3 Å². The SMILES string of the molecule is CCOC(=O)c1c(NC(=O)CSc2nc(-c3ccc(OCC)cc3)cc(-c3ccccc3)c2C#N)sc(C)c1C. The number of rotatable bonds is 10. The summed E-state index contributed by atoms with van der Waals surface area (Å²) in [5, 5.41) is 13.9. The van der Waals surface area contributed by atoms with Gasteiger partial charge in [0.2, 0.25) is 5.91 Å². The number of carbonyl (C=O) groups excluding carboxylic acids is 2. The van der Waals surface area contributed by atoms with Crippen molar-refractivity contribution in [1.29, 1.82) is 5.26 Å². The summed E-state index contributed by atoms with van der Waals surface area (Å²) in [6, 6.07) is 21.4. The minimum Gasteiger partial charge on any atom is -0.494 e. The monoisotopic (exact) mass is 571 g/mol. The molecule has 2 heterocycles. The van der Waals surface area contributed by atoms with Crippen LogP contribution >= 0.6 is 23.1 Å². The summed E-state index contributed by atoms with van der Waals surface area (Å²) >= 11 is 2.52. The number of carbonyl (C=O) groups is 2. The fourth-order valence-corrected chi connectivity index (χ4v) is 5.94. The number of nitrogens with one attached hydrogen (secondary N) is 1. The van der Waals surface area contributed by atoms with Crippen LogP contribution in [0.25, 0.3) is 22.4 Å². The fraction of sp³-hybridized carbons (Fsp3) is 0.226. The maximum absolute atomic E-state index is 13.0. The number of amides is 1. The average molecular weight is 572 g/mol. The van der Waals surface area contributed by atoms with E-state index < -0.39 is 5.97 Å². The molecule has 0 fully saturated rings. The van der Waals surface area contributed by atoms with E-state index in [1.807, 2.05) is 81.4 Å².